The van der Waals surface area contributed by atoms with E-state index >= 15 is 0 Å². The summed E-state index contributed by atoms with van der Waals surface area (Å²) in [6.07, 6.45) is 7.35. The van der Waals surface area contributed by atoms with Crippen LogP contribution in [0.1, 0.15) is 39.0 Å². The smallest absolute Gasteiger partial charge is 0.0661 e. The second kappa shape index (κ2) is 3.58. The SMILES string of the molecule is CCO[C@H]1C[C@@H](NC)C12CCCC2. The summed E-state index contributed by atoms with van der Waals surface area (Å²) in [5.74, 6) is 0. The summed E-state index contributed by atoms with van der Waals surface area (Å²) in [7, 11) is 2.09. The second-order valence-electron chi connectivity index (χ2n) is 4.46. The highest BCUT2D eigenvalue weighted by molar-refractivity contribution is 5.09. The van der Waals surface area contributed by atoms with Crippen LogP contribution in [0.5, 0.6) is 0 Å². The van der Waals surface area contributed by atoms with Crippen molar-refractivity contribution < 1.29 is 4.74 Å². The highest BCUT2D eigenvalue weighted by Gasteiger charge is 2.55. The lowest BCUT2D eigenvalue weighted by molar-refractivity contribution is -0.128. The minimum atomic E-state index is 0.519. The van der Waals surface area contributed by atoms with Crippen molar-refractivity contribution in [2.75, 3.05) is 13.7 Å². The Kier molecular flexibility index (Phi) is 2.61. The molecule has 2 nitrogen and oxygen atoms in total. The molecule has 76 valence electrons. The van der Waals surface area contributed by atoms with E-state index in [1.165, 1.54) is 32.1 Å². The van der Waals surface area contributed by atoms with Crippen molar-refractivity contribution in [3.8, 4) is 0 Å². The highest BCUT2D eigenvalue weighted by atomic mass is 16.5. The topological polar surface area (TPSA) is 21.3 Å². The van der Waals surface area contributed by atoms with Crippen molar-refractivity contribution in [2.45, 2.75) is 51.2 Å². The van der Waals surface area contributed by atoms with Gasteiger partial charge in [0.1, 0.15) is 0 Å². The normalized spacial score (nSPS) is 36.5. The molecule has 0 saturated heterocycles. The molecule has 1 spiro atoms. The van der Waals surface area contributed by atoms with Crippen LogP contribution in [0.3, 0.4) is 0 Å². The van der Waals surface area contributed by atoms with Crippen LogP contribution >= 0.6 is 0 Å². The van der Waals surface area contributed by atoms with Crippen LogP contribution in [0.2, 0.25) is 0 Å². The second-order valence-corrected chi connectivity index (χ2v) is 4.46. The minimum Gasteiger partial charge on any atom is -0.378 e. The summed E-state index contributed by atoms with van der Waals surface area (Å²) < 4.78 is 5.81. The van der Waals surface area contributed by atoms with Crippen molar-refractivity contribution in [1.29, 1.82) is 0 Å². The summed E-state index contributed by atoms with van der Waals surface area (Å²) in [5.41, 5.74) is 0.519. The molecule has 2 heteroatoms. The monoisotopic (exact) mass is 183 g/mol. The van der Waals surface area contributed by atoms with E-state index in [4.69, 9.17) is 4.74 Å². The van der Waals surface area contributed by atoms with Crippen molar-refractivity contribution in [2.24, 2.45) is 5.41 Å². The third kappa shape index (κ3) is 1.31. The first-order valence-corrected chi connectivity index (χ1v) is 5.62. The van der Waals surface area contributed by atoms with E-state index in [1.54, 1.807) is 0 Å². The van der Waals surface area contributed by atoms with E-state index in [0.717, 1.165) is 12.6 Å². The Hall–Kier alpha value is -0.0800. The molecule has 1 N–H and O–H groups in total. The fourth-order valence-corrected chi connectivity index (χ4v) is 3.29. The van der Waals surface area contributed by atoms with Gasteiger partial charge in [0.05, 0.1) is 6.10 Å². The lowest BCUT2D eigenvalue weighted by atomic mass is 9.60. The van der Waals surface area contributed by atoms with Gasteiger partial charge in [-0.05, 0) is 33.2 Å². The summed E-state index contributed by atoms with van der Waals surface area (Å²) in [5, 5.41) is 3.44. The predicted octanol–water partition coefficient (Wildman–Crippen LogP) is 1.94. The molecule has 2 rings (SSSR count). The van der Waals surface area contributed by atoms with Gasteiger partial charge >= 0.3 is 0 Å². The molecule has 0 aromatic heterocycles. The standard InChI is InChI=1S/C11H21NO/c1-3-13-10-8-9(12-2)11(10)6-4-5-7-11/h9-10,12H,3-8H2,1-2H3/t9-,10+/m1/s1. The van der Waals surface area contributed by atoms with Crippen LogP contribution in [0.15, 0.2) is 0 Å². The molecule has 2 saturated carbocycles. The van der Waals surface area contributed by atoms with Crippen molar-refractivity contribution in [3.63, 3.8) is 0 Å². The van der Waals surface area contributed by atoms with Crippen LogP contribution in [0.4, 0.5) is 0 Å². The van der Waals surface area contributed by atoms with Crippen LogP contribution in [0.25, 0.3) is 0 Å². The Morgan fingerprint density at radius 2 is 2.08 bits per heavy atom. The summed E-state index contributed by atoms with van der Waals surface area (Å²) in [6.45, 7) is 2.98. The van der Waals surface area contributed by atoms with E-state index in [0.29, 0.717) is 11.5 Å². The van der Waals surface area contributed by atoms with Crippen molar-refractivity contribution in [3.05, 3.63) is 0 Å². The predicted molar refractivity (Wildman–Crippen MR) is 53.8 cm³/mol. The number of rotatable bonds is 3. The molecule has 13 heavy (non-hydrogen) atoms. The van der Waals surface area contributed by atoms with Crippen LogP contribution in [-0.4, -0.2) is 25.8 Å². The first-order valence-electron chi connectivity index (χ1n) is 5.62. The van der Waals surface area contributed by atoms with Crippen molar-refractivity contribution >= 4 is 0 Å². The van der Waals surface area contributed by atoms with Gasteiger partial charge in [-0.25, -0.2) is 0 Å². The molecule has 0 unspecified atom stereocenters. The number of hydrogen-bond acceptors (Lipinski definition) is 2. The zero-order chi connectivity index (χ0) is 9.31. The Balaban J connectivity index is 2.01. The van der Waals surface area contributed by atoms with E-state index < -0.39 is 0 Å². The van der Waals surface area contributed by atoms with Gasteiger partial charge in [-0.1, -0.05) is 12.8 Å². The average molecular weight is 183 g/mol. The van der Waals surface area contributed by atoms with Crippen LogP contribution < -0.4 is 5.32 Å². The third-order valence-electron chi connectivity index (χ3n) is 4.04. The quantitative estimate of drug-likeness (QED) is 0.722. The first kappa shape index (κ1) is 9.47. The van der Waals surface area contributed by atoms with Gasteiger partial charge in [0.25, 0.3) is 0 Å². The minimum absolute atomic E-state index is 0.519. The maximum atomic E-state index is 5.81. The van der Waals surface area contributed by atoms with Crippen LogP contribution in [-0.2, 0) is 4.74 Å². The largest absolute Gasteiger partial charge is 0.378 e. The molecule has 0 aliphatic heterocycles. The molecule has 2 aliphatic rings. The Labute approximate surface area is 81.0 Å². The maximum absolute atomic E-state index is 5.81. The number of hydrogen-bond donors (Lipinski definition) is 1. The average Bonchev–Trinajstić information content (AvgIpc) is 2.62. The van der Waals surface area contributed by atoms with Gasteiger partial charge in [-0.3, -0.25) is 0 Å². The molecular weight excluding hydrogens is 162 g/mol. The molecule has 0 heterocycles. The number of ether oxygens (including phenoxy) is 1. The lowest BCUT2D eigenvalue weighted by Crippen LogP contribution is -2.61. The van der Waals surface area contributed by atoms with Gasteiger partial charge in [-0.15, -0.1) is 0 Å². The molecule has 2 atom stereocenters. The fourth-order valence-electron chi connectivity index (χ4n) is 3.29. The Morgan fingerprint density at radius 1 is 1.38 bits per heavy atom. The molecule has 0 aromatic carbocycles. The molecule has 0 aromatic rings. The van der Waals surface area contributed by atoms with E-state index in [-0.39, 0.29) is 0 Å². The molecule has 2 fully saturated rings. The molecular formula is C11H21NO. The summed E-state index contributed by atoms with van der Waals surface area (Å²) in [4.78, 5) is 0. The third-order valence-corrected chi connectivity index (χ3v) is 4.04. The Bertz CT molecular complexity index is 175. The van der Waals surface area contributed by atoms with Gasteiger partial charge in [0, 0.05) is 18.1 Å². The van der Waals surface area contributed by atoms with E-state index in [9.17, 15) is 0 Å². The van der Waals surface area contributed by atoms with E-state index in [2.05, 4.69) is 19.3 Å². The van der Waals surface area contributed by atoms with Crippen molar-refractivity contribution in [1.82, 2.24) is 5.32 Å². The molecule has 2 aliphatic carbocycles. The molecule has 0 bridgehead atoms. The van der Waals surface area contributed by atoms with Gasteiger partial charge in [-0.2, -0.15) is 0 Å². The fraction of sp³-hybridized carbons (Fsp3) is 1.00. The zero-order valence-electron chi connectivity index (χ0n) is 8.81. The van der Waals surface area contributed by atoms with Gasteiger partial charge in [0.15, 0.2) is 0 Å². The molecule has 0 radical (unpaired) electrons. The van der Waals surface area contributed by atoms with E-state index in [1.807, 2.05) is 0 Å². The zero-order valence-corrected chi connectivity index (χ0v) is 8.81. The Morgan fingerprint density at radius 3 is 2.62 bits per heavy atom. The maximum Gasteiger partial charge on any atom is 0.0661 e. The summed E-state index contributed by atoms with van der Waals surface area (Å²) in [6, 6.07) is 0.728. The first-order chi connectivity index (χ1) is 6.33. The summed E-state index contributed by atoms with van der Waals surface area (Å²) >= 11 is 0. The van der Waals surface area contributed by atoms with Gasteiger partial charge < -0.3 is 10.1 Å². The highest BCUT2D eigenvalue weighted by Crippen LogP contribution is 2.54. The molecule has 0 amide bonds. The van der Waals surface area contributed by atoms with Gasteiger partial charge in [0.2, 0.25) is 0 Å². The number of nitrogens with one attached hydrogen (secondary N) is 1. The van der Waals surface area contributed by atoms with Crippen LogP contribution in [0, 0.1) is 5.41 Å². The lowest BCUT2D eigenvalue weighted by Gasteiger charge is -2.54.